The highest BCUT2D eigenvalue weighted by Crippen LogP contribution is 2.41. The Morgan fingerprint density at radius 1 is 0.729 bits per heavy atom. The third-order valence-electron chi connectivity index (χ3n) is 15.8. The van der Waals surface area contributed by atoms with Crippen LogP contribution in [0.15, 0.2) is 145 Å². The smallest absolute Gasteiger partial charge is 0.248 e. The van der Waals surface area contributed by atoms with E-state index in [2.05, 4.69) is 29.7 Å². The molecule has 2 heterocycles. The second kappa shape index (κ2) is 30.9. The van der Waals surface area contributed by atoms with Gasteiger partial charge in [0.2, 0.25) is 17.7 Å². The number of hydrogen-bond acceptors (Lipinski definition) is 13. The second-order valence-electron chi connectivity index (χ2n) is 21.5. The van der Waals surface area contributed by atoms with E-state index in [1.54, 1.807) is 50.2 Å². The lowest BCUT2D eigenvalue weighted by Gasteiger charge is -2.35. The molecule has 3 amide bonds. The van der Waals surface area contributed by atoms with Gasteiger partial charge < -0.3 is 54.0 Å². The lowest BCUT2D eigenvalue weighted by molar-refractivity contribution is -0.139. The quantitative estimate of drug-likeness (QED) is 0.0300. The summed E-state index contributed by atoms with van der Waals surface area (Å²) in [5.41, 5.74) is 6.99. The number of aromatic nitrogens is 1. The number of phenols is 1. The molecule has 0 bridgehead atoms. The predicted octanol–water partition coefficient (Wildman–Crippen LogP) is 11.5. The van der Waals surface area contributed by atoms with Crippen molar-refractivity contribution in [1.82, 2.24) is 25.4 Å². The SMILES string of the molecule is CC/C(=C(\c1ccc(O)cc1)c1ccc(OCCN(C)C(=O)COCCOCCOCCOc2ccc(O[C@H]3C[C@@H](c4nc(-c5ccc(F)c6ccccc56)cs4)N(C(=O)[C@@H](NC(=O)[C@H](C)NC)C4CCCCC4)C3)cc2)cc1)c1ccccc1. The van der Waals surface area contributed by atoms with Crippen LogP contribution in [0, 0.1) is 11.7 Å². The van der Waals surface area contributed by atoms with Crippen LogP contribution in [0.4, 0.5) is 4.39 Å². The van der Waals surface area contributed by atoms with Crippen LogP contribution < -0.4 is 24.8 Å². The molecule has 9 rings (SSSR count). The zero-order valence-electron chi connectivity index (χ0n) is 49.0. The predicted molar refractivity (Wildman–Crippen MR) is 330 cm³/mol. The molecule has 0 unspecified atom stereocenters. The molecule has 0 spiro atoms. The van der Waals surface area contributed by atoms with Crippen molar-refractivity contribution in [2.45, 2.75) is 83.0 Å². The van der Waals surface area contributed by atoms with Gasteiger partial charge in [0.25, 0.3) is 0 Å². The highest BCUT2D eigenvalue weighted by molar-refractivity contribution is 7.10. The summed E-state index contributed by atoms with van der Waals surface area (Å²) in [6.45, 7) is 6.82. The Morgan fingerprint density at radius 2 is 1.34 bits per heavy atom. The molecule has 1 saturated carbocycles. The van der Waals surface area contributed by atoms with Crippen molar-refractivity contribution in [3.05, 3.63) is 172 Å². The van der Waals surface area contributed by atoms with E-state index in [0.29, 0.717) is 87.5 Å². The molecule has 1 aromatic heterocycles. The van der Waals surface area contributed by atoms with Gasteiger partial charge in [0.05, 0.1) is 63.9 Å². The molecule has 448 valence electrons. The van der Waals surface area contributed by atoms with Crippen molar-refractivity contribution in [3.63, 3.8) is 0 Å². The molecule has 4 atom stereocenters. The van der Waals surface area contributed by atoms with E-state index in [9.17, 15) is 23.9 Å². The van der Waals surface area contributed by atoms with Crippen molar-refractivity contribution < 1.29 is 52.3 Å². The van der Waals surface area contributed by atoms with Gasteiger partial charge >= 0.3 is 0 Å². The average Bonchev–Trinajstić information content (AvgIpc) is 3.53. The van der Waals surface area contributed by atoms with E-state index in [0.717, 1.165) is 76.7 Å². The van der Waals surface area contributed by atoms with E-state index in [-0.39, 0.29) is 54.5 Å². The number of amides is 3. The number of fused-ring (bicyclic) bond motifs is 1. The van der Waals surface area contributed by atoms with Gasteiger partial charge in [-0.15, -0.1) is 11.3 Å². The minimum Gasteiger partial charge on any atom is -0.508 e. The number of thiazole rings is 1. The third-order valence-corrected chi connectivity index (χ3v) is 16.7. The second-order valence-corrected chi connectivity index (χ2v) is 22.4. The summed E-state index contributed by atoms with van der Waals surface area (Å²) < 4.78 is 50.4. The monoisotopic (exact) mass is 1180 g/mol. The Bertz CT molecular complexity index is 3300. The molecule has 1 saturated heterocycles. The third kappa shape index (κ3) is 16.6. The van der Waals surface area contributed by atoms with Gasteiger partial charge in [0.1, 0.15) is 65.8 Å². The Labute approximate surface area is 502 Å². The van der Waals surface area contributed by atoms with Gasteiger partial charge in [0, 0.05) is 29.8 Å². The fraction of sp³-hybridized carbons (Fsp3) is 0.382. The fourth-order valence-corrected chi connectivity index (χ4v) is 12.0. The van der Waals surface area contributed by atoms with E-state index in [1.807, 2.05) is 107 Å². The fourth-order valence-electron chi connectivity index (χ4n) is 11.0. The van der Waals surface area contributed by atoms with Crippen molar-refractivity contribution >= 4 is 51.0 Å². The van der Waals surface area contributed by atoms with Gasteiger partial charge in [-0.25, -0.2) is 9.37 Å². The minimum absolute atomic E-state index is 0.0118. The summed E-state index contributed by atoms with van der Waals surface area (Å²) in [6, 6.07) is 42.0. The highest BCUT2D eigenvalue weighted by Gasteiger charge is 2.44. The first kappa shape index (κ1) is 61.9. The summed E-state index contributed by atoms with van der Waals surface area (Å²) in [5.74, 6) is 1.39. The number of phenolic OH excluding ortho intramolecular Hbond substituents is 1. The first-order valence-corrected chi connectivity index (χ1v) is 30.4. The highest BCUT2D eigenvalue weighted by atomic mass is 32.1. The summed E-state index contributed by atoms with van der Waals surface area (Å²) in [4.78, 5) is 49.6. The van der Waals surface area contributed by atoms with Gasteiger partial charge in [0.15, 0.2) is 0 Å². The lowest BCUT2D eigenvalue weighted by atomic mass is 9.83. The molecule has 0 radical (unpaired) electrons. The van der Waals surface area contributed by atoms with E-state index >= 15 is 0 Å². The molecule has 1 aliphatic heterocycles. The lowest BCUT2D eigenvalue weighted by Crippen LogP contribution is -2.55. The normalized spacial score (nSPS) is 16.4. The van der Waals surface area contributed by atoms with Crippen LogP contribution in [0.1, 0.15) is 86.5 Å². The molecular weight excluding hydrogens is 1100 g/mol. The number of halogens is 1. The number of benzene rings is 6. The number of carbonyl (C=O) groups is 3. The van der Waals surface area contributed by atoms with E-state index in [4.69, 9.17) is 33.4 Å². The molecule has 6 aromatic carbocycles. The molecule has 2 fully saturated rings. The Morgan fingerprint density at radius 3 is 2.02 bits per heavy atom. The Hall–Kier alpha value is -7.67. The van der Waals surface area contributed by atoms with Crippen molar-refractivity contribution in [1.29, 1.82) is 0 Å². The van der Waals surface area contributed by atoms with Gasteiger partial charge in [-0.3, -0.25) is 14.4 Å². The van der Waals surface area contributed by atoms with Crippen LogP contribution in [-0.2, 0) is 28.6 Å². The number of carbonyl (C=O) groups excluding carboxylic acids is 3. The van der Waals surface area contributed by atoms with Crippen LogP contribution in [0.2, 0.25) is 0 Å². The summed E-state index contributed by atoms with van der Waals surface area (Å²) in [5, 5.41) is 20.1. The molecule has 3 N–H and O–H groups in total. The minimum atomic E-state index is -0.690. The standard InChI is InChI=1S/C68H78FN5O10S/c1-5-56(47-14-8-6-9-15-47)64(48-20-24-51(75)25-21-48)49-22-26-52(27-23-49)82-35-34-73(4)63(76)44-81-39-38-79-36-37-80-40-41-83-53-28-30-54(31-29-53)84-55-42-62(67-71-61(45-85-67)59-32-33-60(69)58-19-13-12-18-57(58)59)74(43-55)68(78)65(50-16-10-7-11-17-50)72-66(77)46(2)70-3/h6,8-9,12-15,18-33,45-46,50,55,62,65,70,75H,5,7,10-11,16-17,34-44H2,1-4H3,(H,72,77)/b64-56-/t46-,55-,62-,65-/m0/s1. The number of allylic oxidation sites excluding steroid dienone is 1. The zero-order valence-corrected chi connectivity index (χ0v) is 49.8. The first-order chi connectivity index (χ1) is 41.5. The number of rotatable bonds is 29. The van der Waals surface area contributed by atoms with Crippen LogP contribution in [0.3, 0.4) is 0 Å². The number of likely N-dealkylation sites (N-methyl/N-ethyl adjacent to an activating group) is 2. The summed E-state index contributed by atoms with van der Waals surface area (Å²) in [6.07, 6.45) is 5.78. The van der Waals surface area contributed by atoms with Gasteiger partial charge in [-0.2, -0.15) is 0 Å². The van der Waals surface area contributed by atoms with E-state index < -0.39 is 18.1 Å². The van der Waals surface area contributed by atoms with Gasteiger partial charge in [-0.1, -0.05) is 105 Å². The zero-order chi connectivity index (χ0) is 59.5. The number of likely N-dealkylation sites (tertiary alicyclic amines) is 1. The van der Waals surface area contributed by atoms with Crippen LogP contribution in [0.5, 0.6) is 23.0 Å². The molecular formula is C68H78FN5O10S. The maximum absolute atomic E-state index is 14.9. The molecule has 2 aliphatic rings. The maximum atomic E-state index is 14.9. The first-order valence-electron chi connectivity index (χ1n) is 29.6. The van der Waals surface area contributed by atoms with Crippen molar-refractivity contribution in [3.8, 4) is 34.3 Å². The average molecular weight is 1180 g/mol. The number of nitrogens with one attached hydrogen (secondary N) is 2. The van der Waals surface area contributed by atoms with Crippen LogP contribution in [0.25, 0.3) is 33.2 Å². The molecule has 85 heavy (non-hydrogen) atoms. The number of nitrogens with zero attached hydrogens (tertiary/aromatic N) is 3. The summed E-state index contributed by atoms with van der Waals surface area (Å²) in [7, 11) is 3.45. The van der Waals surface area contributed by atoms with E-state index in [1.165, 1.54) is 23.0 Å². The molecule has 15 nitrogen and oxygen atoms in total. The molecule has 7 aromatic rings. The van der Waals surface area contributed by atoms with Crippen molar-refractivity contribution in [2.75, 3.05) is 80.0 Å². The number of aromatic hydroxyl groups is 1. The van der Waals surface area contributed by atoms with Crippen LogP contribution >= 0.6 is 11.3 Å². The molecule has 1 aliphatic carbocycles. The largest absolute Gasteiger partial charge is 0.508 e. The number of ether oxygens (including phenoxy) is 6. The topological polar surface area (TPSA) is 170 Å². The summed E-state index contributed by atoms with van der Waals surface area (Å²) >= 11 is 1.47. The number of hydrogen-bond donors (Lipinski definition) is 3. The Kier molecular flexibility index (Phi) is 22.5. The molecule has 17 heteroatoms. The van der Waals surface area contributed by atoms with Crippen LogP contribution in [-0.4, -0.2) is 136 Å². The van der Waals surface area contributed by atoms with Gasteiger partial charge in [-0.05, 0) is 133 Å². The maximum Gasteiger partial charge on any atom is 0.248 e. The van der Waals surface area contributed by atoms with Crippen molar-refractivity contribution in [2.24, 2.45) is 5.92 Å². The Balaban J connectivity index is 0.681.